The SMILES string of the molecule is O=NC(Cl)c1ccccc1[N+](=O)[O-]. The maximum Gasteiger partial charge on any atom is 0.276 e. The number of alkyl halides is 1. The summed E-state index contributed by atoms with van der Waals surface area (Å²) in [4.78, 5) is 19.9. The molecule has 5 nitrogen and oxygen atoms in total. The van der Waals surface area contributed by atoms with E-state index in [-0.39, 0.29) is 11.3 Å². The molecule has 68 valence electrons. The zero-order valence-electron chi connectivity index (χ0n) is 6.38. The normalized spacial score (nSPS) is 12.1. The molecule has 0 bridgehead atoms. The zero-order valence-corrected chi connectivity index (χ0v) is 7.14. The highest BCUT2D eigenvalue weighted by Gasteiger charge is 2.19. The molecule has 0 N–H and O–H groups in total. The van der Waals surface area contributed by atoms with Gasteiger partial charge in [0.25, 0.3) is 5.69 Å². The van der Waals surface area contributed by atoms with Gasteiger partial charge in [0.2, 0.25) is 0 Å². The van der Waals surface area contributed by atoms with Crippen molar-refractivity contribution in [1.29, 1.82) is 0 Å². The number of hydrogen-bond donors (Lipinski definition) is 0. The molecule has 0 heterocycles. The molecule has 6 heteroatoms. The van der Waals surface area contributed by atoms with Crippen LogP contribution in [0.1, 0.15) is 11.1 Å². The minimum absolute atomic E-state index is 0.115. The standard InChI is InChI=1S/C7H5ClN2O3/c8-7(9-11)5-3-1-2-4-6(5)10(12)13/h1-4,7H. The summed E-state index contributed by atoms with van der Waals surface area (Å²) < 4.78 is 0. The molecule has 0 radical (unpaired) electrons. The van der Waals surface area contributed by atoms with Crippen molar-refractivity contribution < 1.29 is 4.92 Å². The molecule has 1 unspecified atom stereocenters. The molecule has 0 spiro atoms. The van der Waals surface area contributed by atoms with Gasteiger partial charge in [0.1, 0.15) is 0 Å². The number of hydrogen-bond acceptors (Lipinski definition) is 4. The first kappa shape index (κ1) is 9.60. The average Bonchev–Trinajstić information content (AvgIpc) is 2.16. The van der Waals surface area contributed by atoms with Crippen molar-refractivity contribution in [3.63, 3.8) is 0 Å². The lowest BCUT2D eigenvalue weighted by Crippen LogP contribution is -1.95. The monoisotopic (exact) mass is 200 g/mol. The summed E-state index contributed by atoms with van der Waals surface area (Å²) in [6.45, 7) is 0. The Morgan fingerprint density at radius 2 is 2.08 bits per heavy atom. The fraction of sp³-hybridized carbons (Fsp3) is 0.143. The molecule has 0 saturated heterocycles. The smallest absolute Gasteiger partial charge is 0.258 e. The fourth-order valence-electron chi connectivity index (χ4n) is 0.912. The Balaban J connectivity index is 3.19. The van der Waals surface area contributed by atoms with Gasteiger partial charge in [-0.1, -0.05) is 23.7 Å². The van der Waals surface area contributed by atoms with Gasteiger partial charge < -0.3 is 0 Å². The second-order valence-corrected chi connectivity index (χ2v) is 2.67. The number of para-hydroxylation sites is 1. The molecule has 0 aromatic heterocycles. The van der Waals surface area contributed by atoms with Gasteiger partial charge >= 0.3 is 0 Å². The van der Waals surface area contributed by atoms with E-state index in [0.29, 0.717) is 0 Å². The largest absolute Gasteiger partial charge is 0.276 e. The molecule has 0 fully saturated rings. The first-order valence-corrected chi connectivity index (χ1v) is 3.80. The molecule has 1 rings (SSSR count). The van der Waals surface area contributed by atoms with Gasteiger partial charge in [-0.15, -0.1) is 4.91 Å². The van der Waals surface area contributed by atoms with Crippen LogP contribution in [0.25, 0.3) is 0 Å². The van der Waals surface area contributed by atoms with E-state index >= 15 is 0 Å². The molecule has 0 aliphatic carbocycles. The van der Waals surface area contributed by atoms with Crippen LogP contribution in [0.2, 0.25) is 0 Å². The van der Waals surface area contributed by atoms with Gasteiger partial charge in [-0.2, -0.15) is 0 Å². The second kappa shape index (κ2) is 3.95. The minimum Gasteiger partial charge on any atom is -0.258 e. The van der Waals surface area contributed by atoms with Crippen molar-refractivity contribution in [2.45, 2.75) is 5.50 Å². The molecule has 1 atom stereocenters. The molecule has 13 heavy (non-hydrogen) atoms. The van der Waals surface area contributed by atoms with Gasteiger partial charge in [0.15, 0.2) is 5.50 Å². The lowest BCUT2D eigenvalue weighted by Gasteiger charge is -2.00. The Bertz CT molecular complexity index is 342. The number of nitrogens with zero attached hydrogens (tertiary/aromatic N) is 2. The van der Waals surface area contributed by atoms with E-state index in [0.717, 1.165) is 0 Å². The summed E-state index contributed by atoms with van der Waals surface area (Å²) in [6.07, 6.45) is 0. The predicted octanol–water partition coefficient (Wildman–Crippen LogP) is 2.60. The van der Waals surface area contributed by atoms with Crippen LogP contribution in [0.4, 0.5) is 5.69 Å². The van der Waals surface area contributed by atoms with Crippen LogP contribution in [0.3, 0.4) is 0 Å². The topological polar surface area (TPSA) is 72.6 Å². The van der Waals surface area contributed by atoms with Crippen LogP contribution in [0.5, 0.6) is 0 Å². The number of nitro benzene ring substituents is 1. The van der Waals surface area contributed by atoms with Gasteiger partial charge in [0, 0.05) is 6.07 Å². The van der Waals surface area contributed by atoms with Crippen molar-refractivity contribution in [2.75, 3.05) is 0 Å². The number of rotatable bonds is 3. The lowest BCUT2D eigenvalue weighted by molar-refractivity contribution is -0.385. The molecule has 1 aromatic carbocycles. The Morgan fingerprint density at radius 1 is 1.46 bits per heavy atom. The van der Waals surface area contributed by atoms with Crippen molar-refractivity contribution >= 4 is 17.3 Å². The Hall–Kier alpha value is -1.49. The van der Waals surface area contributed by atoms with Gasteiger partial charge in [-0.05, 0) is 11.2 Å². The molecular formula is C7H5ClN2O3. The summed E-state index contributed by atoms with van der Waals surface area (Å²) in [6, 6.07) is 5.73. The van der Waals surface area contributed by atoms with E-state index in [2.05, 4.69) is 5.18 Å². The number of halogens is 1. The van der Waals surface area contributed by atoms with Gasteiger partial charge in [-0.3, -0.25) is 10.1 Å². The molecular weight excluding hydrogens is 196 g/mol. The predicted molar refractivity (Wildman–Crippen MR) is 47.5 cm³/mol. The highest BCUT2D eigenvalue weighted by atomic mass is 35.5. The third kappa shape index (κ3) is 2.00. The van der Waals surface area contributed by atoms with Crippen LogP contribution < -0.4 is 0 Å². The fourth-order valence-corrected chi connectivity index (χ4v) is 1.10. The third-order valence-corrected chi connectivity index (χ3v) is 1.80. The van der Waals surface area contributed by atoms with Crippen LogP contribution in [0.15, 0.2) is 29.4 Å². The van der Waals surface area contributed by atoms with E-state index < -0.39 is 10.4 Å². The Morgan fingerprint density at radius 3 is 2.62 bits per heavy atom. The number of nitroso groups, excluding NO2 is 1. The second-order valence-electron chi connectivity index (χ2n) is 2.26. The van der Waals surface area contributed by atoms with E-state index in [9.17, 15) is 15.0 Å². The number of nitro groups is 1. The maximum absolute atomic E-state index is 10.4. The summed E-state index contributed by atoms with van der Waals surface area (Å²) in [7, 11) is 0. The summed E-state index contributed by atoms with van der Waals surface area (Å²) >= 11 is 5.46. The summed E-state index contributed by atoms with van der Waals surface area (Å²) in [5, 5.41) is 13.0. The maximum atomic E-state index is 10.4. The van der Waals surface area contributed by atoms with E-state index in [1.165, 1.54) is 18.2 Å². The van der Waals surface area contributed by atoms with E-state index in [1.807, 2.05) is 0 Å². The third-order valence-electron chi connectivity index (χ3n) is 1.48. The molecule has 0 saturated carbocycles. The van der Waals surface area contributed by atoms with E-state index in [1.54, 1.807) is 6.07 Å². The summed E-state index contributed by atoms with van der Waals surface area (Å²) in [5.41, 5.74) is -1.28. The van der Waals surface area contributed by atoms with Crippen LogP contribution >= 0.6 is 11.6 Å². The highest BCUT2D eigenvalue weighted by Crippen LogP contribution is 2.29. The zero-order chi connectivity index (χ0) is 9.84. The van der Waals surface area contributed by atoms with Crippen LogP contribution in [-0.2, 0) is 0 Å². The minimum atomic E-state index is -1.21. The van der Waals surface area contributed by atoms with Crippen molar-refractivity contribution in [3.8, 4) is 0 Å². The van der Waals surface area contributed by atoms with Gasteiger partial charge in [-0.25, -0.2) is 0 Å². The van der Waals surface area contributed by atoms with Crippen LogP contribution in [0, 0.1) is 15.0 Å². The van der Waals surface area contributed by atoms with Crippen molar-refractivity contribution in [2.24, 2.45) is 5.18 Å². The van der Waals surface area contributed by atoms with Crippen molar-refractivity contribution in [1.82, 2.24) is 0 Å². The Labute approximate surface area is 78.4 Å². The first-order chi connectivity index (χ1) is 6.16. The van der Waals surface area contributed by atoms with Gasteiger partial charge in [0.05, 0.1) is 10.5 Å². The quantitative estimate of drug-likeness (QED) is 0.248. The average molecular weight is 201 g/mol. The first-order valence-electron chi connectivity index (χ1n) is 3.36. The summed E-state index contributed by atoms with van der Waals surface area (Å²) in [5.74, 6) is 0. The molecule has 1 aromatic rings. The molecule has 0 aliphatic heterocycles. The van der Waals surface area contributed by atoms with Crippen LogP contribution in [-0.4, -0.2) is 4.92 Å². The lowest BCUT2D eigenvalue weighted by atomic mass is 10.2. The number of benzene rings is 1. The van der Waals surface area contributed by atoms with E-state index in [4.69, 9.17) is 11.6 Å². The Kier molecular flexibility index (Phi) is 2.92. The molecule has 0 aliphatic rings. The highest BCUT2D eigenvalue weighted by molar-refractivity contribution is 6.20. The van der Waals surface area contributed by atoms with Crippen molar-refractivity contribution in [3.05, 3.63) is 44.9 Å². The molecule has 0 amide bonds.